The summed E-state index contributed by atoms with van der Waals surface area (Å²) < 4.78 is 0. The van der Waals surface area contributed by atoms with Crippen molar-refractivity contribution in [3.05, 3.63) is 29.8 Å². The van der Waals surface area contributed by atoms with Crippen LogP contribution in [0.2, 0.25) is 0 Å². The van der Waals surface area contributed by atoms with Crippen LogP contribution in [0.1, 0.15) is 31.7 Å². The second-order valence-electron chi connectivity index (χ2n) is 4.37. The summed E-state index contributed by atoms with van der Waals surface area (Å²) in [5.74, 6) is 6.29. The van der Waals surface area contributed by atoms with Crippen molar-refractivity contribution in [3.8, 4) is 0 Å². The standard InChI is InChI=1S/C13H18N2OS/c1-2-17-11-6-4-10(5-7-11)13(8-3-9-13)12(16)15-14/h4-7H,2-3,8-9,14H2,1H3,(H,15,16). The Hall–Kier alpha value is -1.00. The molecule has 0 unspecified atom stereocenters. The highest BCUT2D eigenvalue weighted by molar-refractivity contribution is 7.99. The third kappa shape index (κ3) is 2.19. The predicted molar refractivity (Wildman–Crippen MR) is 70.7 cm³/mol. The molecule has 1 saturated carbocycles. The van der Waals surface area contributed by atoms with E-state index in [2.05, 4.69) is 36.6 Å². The SMILES string of the molecule is CCSc1ccc(C2(C(=O)NN)CCC2)cc1. The van der Waals surface area contributed by atoms with Gasteiger partial charge >= 0.3 is 0 Å². The number of hydrazine groups is 1. The number of thioether (sulfide) groups is 1. The molecule has 0 radical (unpaired) electrons. The van der Waals surface area contributed by atoms with Crippen LogP contribution in [0.15, 0.2) is 29.2 Å². The Balaban J connectivity index is 2.23. The quantitative estimate of drug-likeness (QED) is 0.373. The molecule has 92 valence electrons. The molecule has 1 aromatic rings. The highest BCUT2D eigenvalue weighted by Crippen LogP contribution is 2.44. The lowest BCUT2D eigenvalue weighted by Gasteiger charge is -2.40. The number of nitrogens with one attached hydrogen (secondary N) is 1. The average molecular weight is 250 g/mol. The van der Waals surface area contributed by atoms with Gasteiger partial charge in [-0.1, -0.05) is 25.5 Å². The molecule has 3 nitrogen and oxygen atoms in total. The molecule has 4 heteroatoms. The van der Waals surface area contributed by atoms with Gasteiger partial charge in [0.25, 0.3) is 0 Å². The van der Waals surface area contributed by atoms with Crippen molar-refractivity contribution in [2.24, 2.45) is 5.84 Å². The molecule has 3 N–H and O–H groups in total. The van der Waals surface area contributed by atoms with Gasteiger partial charge in [-0.25, -0.2) is 5.84 Å². The molecule has 1 aromatic carbocycles. The van der Waals surface area contributed by atoms with Crippen molar-refractivity contribution in [1.82, 2.24) is 5.43 Å². The Morgan fingerprint density at radius 2 is 2.06 bits per heavy atom. The van der Waals surface area contributed by atoms with Crippen LogP contribution >= 0.6 is 11.8 Å². The maximum atomic E-state index is 11.9. The van der Waals surface area contributed by atoms with Crippen LogP contribution in [0.4, 0.5) is 0 Å². The third-order valence-electron chi connectivity index (χ3n) is 3.49. The topological polar surface area (TPSA) is 55.1 Å². The van der Waals surface area contributed by atoms with Gasteiger partial charge in [-0.3, -0.25) is 10.2 Å². The van der Waals surface area contributed by atoms with Gasteiger partial charge in [-0.2, -0.15) is 0 Å². The molecular weight excluding hydrogens is 232 g/mol. The average Bonchev–Trinajstić information content (AvgIpc) is 2.30. The Morgan fingerprint density at radius 1 is 1.41 bits per heavy atom. The van der Waals surface area contributed by atoms with Crippen molar-refractivity contribution in [3.63, 3.8) is 0 Å². The highest BCUT2D eigenvalue weighted by atomic mass is 32.2. The van der Waals surface area contributed by atoms with Gasteiger partial charge in [0, 0.05) is 4.90 Å². The second kappa shape index (κ2) is 5.10. The van der Waals surface area contributed by atoms with Crippen LogP contribution in [-0.4, -0.2) is 11.7 Å². The van der Waals surface area contributed by atoms with Gasteiger partial charge in [0.2, 0.25) is 5.91 Å². The van der Waals surface area contributed by atoms with E-state index in [0.29, 0.717) is 0 Å². The van der Waals surface area contributed by atoms with E-state index in [9.17, 15) is 4.79 Å². The lowest BCUT2D eigenvalue weighted by molar-refractivity contribution is -0.130. The Bertz CT molecular complexity index is 398. The van der Waals surface area contributed by atoms with Gasteiger partial charge in [0.05, 0.1) is 5.41 Å². The first-order valence-electron chi connectivity index (χ1n) is 5.97. The van der Waals surface area contributed by atoms with Crippen LogP contribution in [0.3, 0.4) is 0 Å². The maximum Gasteiger partial charge on any atom is 0.244 e. The number of carbonyl (C=O) groups is 1. The van der Waals surface area contributed by atoms with Crippen molar-refractivity contribution in [2.45, 2.75) is 36.5 Å². The molecule has 0 bridgehead atoms. The van der Waals surface area contributed by atoms with E-state index in [4.69, 9.17) is 5.84 Å². The molecule has 0 atom stereocenters. The largest absolute Gasteiger partial charge is 0.293 e. The molecule has 17 heavy (non-hydrogen) atoms. The summed E-state index contributed by atoms with van der Waals surface area (Å²) in [5, 5.41) is 0. The molecule has 1 amide bonds. The predicted octanol–water partition coefficient (Wildman–Crippen LogP) is 2.21. The first-order valence-corrected chi connectivity index (χ1v) is 6.96. The van der Waals surface area contributed by atoms with Crippen molar-refractivity contribution in [1.29, 1.82) is 0 Å². The minimum absolute atomic E-state index is 0.0559. The fraction of sp³-hybridized carbons (Fsp3) is 0.462. The number of hydrogen-bond donors (Lipinski definition) is 2. The number of hydrogen-bond acceptors (Lipinski definition) is 3. The van der Waals surface area contributed by atoms with Gasteiger partial charge in [0.1, 0.15) is 0 Å². The summed E-state index contributed by atoms with van der Waals surface area (Å²) in [6.07, 6.45) is 2.89. The Labute approximate surface area is 106 Å². The monoisotopic (exact) mass is 250 g/mol. The van der Waals surface area contributed by atoms with Crippen molar-refractivity contribution < 1.29 is 4.79 Å². The van der Waals surface area contributed by atoms with E-state index in [1.165, 1.54) is 4.90 Å². The summed E-state index contributed by atoms with van der Waals surface area (Å²) in [5.41, 5.74) is 3.02. The smallest absolute Gasteiger partial charge is 0.244 e. The first-order chi connectivity index (χ1) is 8.23. The van der Waals surface area contributed by atoms with E-state index in [-0.39, 0.29) is 11.3 Å². The maximum absolute atomic E-state index is 11.9. The minimum Gasteiger partial charge on any atom is -0.293 e. The van der Waals surface area contributed by atoms with Crippen LogP contribution in [0.25, 0.3) is 0 Å². The van der Waals surface area contributed by atoms with E-state index in [1.54, 1.807) is 0 Å². The van der Waals surface area contributed by atoms with Gasteiger partial charge < -0.3 is 0 Å². The number of rotatable bonds is 4. The Morgan fingerprint density at radius 3 is 2.47 bits per heavy atom. The molecule has 0 aliphatic heterocycles. The van der Waals surface area contributed by atoms with Gasteiger partial charge in [0.15, 0.2) is 0 Å². The van der Waals surface area contributed by atoms with Crippen LogP contribution in [-0.2, 0) is 10.2 Å². The van der Waals surface area contributed by atoms with E-state index >= 15 is 0 Å². The summed E-state index contributed by atoms with van der Waals surface area (Å²) in [7, 11) is 0. The molecule has 0 spiro atoms. The zero-order valence-electron chi connectivity index (χ0n) is 10.0. The van der Waals surface area contributed by atoms with E-state index in [1.807, 2.05) is 11.8 Å². The minimum atomic E-state index is -0.371. The molecule has 2 rings (SSSR count). The number of carbonyl (C=O) groups excluding carboxylic acids is 1. The van der Waals surface area contributed by atoms with Crippen molar-refractivity contribution in [2.75, 3.05) is 5.75 Å². The summed E-state index contributed by atoms with van der Waals surface area (Å²) in [6.45, 7) is 2.13. The second-order valence-corrected chi connectivity index (χ2v) is 5.70. The van der Waals surface area contributed by atoms with E-state index in [0.717, 1.165) is 30.6 Å². The Kier molecular flexibility index (Phi) is 3.74. The van der Waals surface area contributed by atoms with Crippen molar-refractivity contribution >= 4 is 17.7 Å². The normalized spacial score (nSPS) is 17.3. The molecule has 1 aliphatic rings. The number of amides is 1. The van der Waals surface area contributed by atoms with Gasteiger partial charge in [-0.15, -0.1) is 11.8 Å². The molecule has 0 heterocycles. The summed E-state index contributed by atoms with van der Waals surface area (Å²) in [4.78, 5) is 13.1. The van der Waals surface area contributed by atoms with Crippen LogP contribution in [0, 0.1) is 0 Å². The van der Waals surface area contributed by atoms with Crippen LogP contribution in [0.5, 0.6) is 0 Å². The molecule has 0 saturated heterocycles. The summed E-state index contributed by atoms with van der Waals surface area (Å²) >= 11 is 1.81. The lowest BCUT2D eigenvalue weighted by atomic mass is 9.64. The molecule has 1 fully saturated rings. The fourth-order valence-corrected chi connectivity index (χ4v) is 3.01. The number of nitrogens with two attached hydrogens (primary N) is 1. The fourth-order valence-electron chi connectivity index (χ4n) is 2.35. The molecule has 1 aliphatic carbocycles. The molecule has 0 aromatic heterocycles. The van der Waals surface area contributed by atoms with Crippen LogP contribution < -0.4 is 11.3 Å². The van der Waals surface area contributed by atoms with Gasteiger partial charge in [-0.05, 0) is 36.3 Å². The zero-order valence-corrected chi connectivity index (χ0v) is 10.8. The first kappa shape index (κ1) is 12.5. The summed E-state index contributed by atoms with van der Waals surface area (Å²) in [6, 6.07) is 8.31. The zero-order chi connectivity index (χ0) is 12.3. The lowest BCUT2D eigenvalue weighted by Crippen LogP contribution is -2.51. The molecular formula is C13H18N2OS. The number of benzene rings is 1. The van der Waals surface area contributed by atoms with E-state index < -0.39 is 0 Å². The highest BCUT2D eigenvalue weighted by Gasteiger charge is 2.45. The third-order valence-corrected chi connectivity index (χ3v) is 4.38.